The minimum absolute atomic E-state index is 0.159. The Labute approximate surface area is 159 Å². The van der Waals surface area contributed by atoms with Gasteiger partial charge in [0.15, 0.2) is 5.13 Å². The van der Waals surface area contributed by atoms with E-state index in [1.807, 2.05) is 72.3 Å². The minimum Gasteiger partial charge on any atom is -0.266 e. The van der Waals surface area contributed by atoms with Crippen molar-refractivity contribution in [2.45, 2.75) is 4.90 Å². The third kappa shape index (κ3) is 3.21. The standard InChI is InChI=1S/C20H15N3OS2/c1-25-16-9-7-14(8-10-16)13-17-19(24)23(20-21-11-12-26-20)18(22-17)15-5-3-2-4-6-15/h2-13H,1H3/b17-13+. The van der Waals surface area contributed by atoms with Gasteiger partial charge in [-0.15, -0.1) is 23.1 Å². The zero-order valence-electron chi connectivity index (χ0n) is 14.0. The SMILES string of the molecule is CSc1ccc(/C=C2/N=C(c3ccccc3)N(c3nccs3)C2=O)cc1. The Morgan fingerprint density at radius 3 is 2.50 bits per heavy atom. The number of anilines is 1. The molecule has 0 saturated heterocycles. The third-order valence-electron chi connectivity index (χ3n) is 3.92. The monoisotopic (exact) mass is 377 g/mol. The van der Waals surface area contributed by atoms with Crippen LogP contribution < -0.4 is 4.90 Å². The Hall–Kier alpha value is -2.70. The fraction of sp³-hybridized carbons (Fsp3) is 0.0500. The van der Waals surface area contributed by atoms with Crippen LogP contribution in [-0.4, -0.2) is 23.0 Å². The van der Waals surface area contributed by atoms with E-state index in [9.17, 15) is 4.79 Å². The molecule has 2 heterocycles. The van der Waals surface area contributed by atoms with Crippen LogP contribution >= 0.6 is 23.1 Å². The average Bonchev–Trinajstić information content (AvgIpc) is 3.32. The highest BCUT2D eigenvalue weighted by Gasteiger charge is 2.33. The molecule has 0 aliphatic carbocycles. The predicted molar refractivity (Wildman–Crippen MR) is 109 cm³/mol. The Morgan fingerprint density at radius 1 is 1.08 bits per heavy atom. The van der Waals surface area contributed by atoms with E-state index in [1.54, 1.807) is 22.9 Å². The molecular formula is C20H15N3OS2. The molecule has 0 fully saturated rings. The van der Waals surface area contributed by atoms with E-state index >= 15 is 0 Å². The molecule has 0 N–H and O–H groups in total. The Balaban J connectivity index is 1.77. The average molecular weight is 377 g/mol. The highest BCUT2D eigenvalue weighted by atomic mass is 32.2. The van der Waals surface area contributed by atoms with Crippen molar-refractivity contribution < 1.29 is 4.79 Å². The molecule has 0 unspecified atom stereocenters. The van der Waals surface area contributed by atoms with Crippen LogP contribution in [0.1, 0.15) is 11.1 Å². The summed E-state index contributed by atoms with van der Waals surface area (Å²) >= 11 is 3.11. The molecule has 1 aliphatic heterocycles. The van der Waals surface area contributed by atoms with Gasteiger partial charge < -0.3 is 0 Å². The number of hydrogen-bond acceptors (Lipinski definition) is 5. The molecule has 4 rings (SSSR count). The van der Waals surface area contributed by atoms with Crippen LogP contribution in [0.3, 0.4) is 0 Å². The normalized spacial score (nSPS) is 15.6. The van der Waals surface area contributed by atoms with Crippen molar-refractivity contribution in [3.05, 3.63) is 83.0 Å². The fourth-order valence-electron chi connectivity index (χ4n) is 2.66. The van der Waals surface area contributed by atoms with Gasteiger partial charge in [-0.3, -0.25) is 4.79 Å². The second kappa shape index (κ2) is 7.27. The van der Waals surface area contributed by atoms with Gasteiger partial charge in [0.2, 0.25) is 0 Å². The smallest absolute Gasteiger partial charge is 0.266 e. The molecule has 0 saturated carbocycles. The number of rotatable bonds is 4. The van der Waals surface area contributed by atoms with Gasteiger partial charge in [-0.25, -0.2) is 14.9 Å². The number of carbonyl (C=O) groups is 1. The molecule has 128 valence electrons. The number of aliphatic imine (C=N–C) groups is 1. The van der Waals surface area contributed by atoms with Crippen molar-refractivity contribution in [1.82, 2.24) is 4.98 Å². The maximum atomic E-state index is 13.0. The van der Waals surface area contributed by atoms with Crippen LogP contribution in [0, 0.1) is 0 Å². The van der Waals surface area contributed by atoms with Gasteiger partial charge >= 0.3 is 0 Å². The van der Waals surface area contributed by atoms with Gasteiger partial charge in [-0.2, -0.15) is 0 Å². The van der Waals surface area contributed by atoms with Gasteiger partial charge in [-0.05, 0) is 30.0 Å². The van der Waals surface area contributed by atoms with Crippen LogP contribution in [0.15, 0.2) is 81.8 Å². The molecule has 2 aromatic carbocycles. The largest absolute Gasteiger partial charge is 0.284 e. The quantitative estimate of drug-likeness (QED) is 0.489. The summed E-state index contributed by atoms with van der Waals surface area (Å²) in [4.78, 5) is 24.7. The highest BCUT2D eigenvalue weighted by Crippen LogP contribution is 2.29. The number of benzene rings is 2. The number of thiazole rings is 1. The maximum absolute atomic E-state index is 13.0. The molecule has 26 heavy (non-hydrogen) atoms. The van der Waals surface area contributed by atoms with Crippen LogP contribution in [0.4, 0.5) is 5.13 Å². The summed E-state index contributed by atoms with van der Waals surface area (Å²) in [6, 6.07) is 17.8. The van der Waals surface area contributed by atoms with E-state index in [1.165, 1.54) is 16.2 Å². The maximum Gasteiger partial charge on any atom is 0.284 e. The van der Waals surface area contributed by atoms with E-state index in [0.29, 0.717) is 16.7 Å². The molecule has 3 aromatic rings. The van der Waals surface area contributed by atoms with Crippen LogP contribution in [0.2, 0.25) is 0 Å². The fourth-order valence-corrected chi connectivity index (χ4v) is 3.71. The van der Waals surface area contributed by atoms with E-state index in [0.717, 1.165) is 11.1 Å². The summed E-state index contributed by atoms with van der Waals surface area (Å²) in [5, 5.41) is 2.48. The first-order valence-electron chi connectivity index (χ1n) is 8.00. The molecule has 0 bridgehead atoms. The van der Waals surface area contributed by atoms with E-state index in [4.69, 9.17) is 0 Å². The van der Waals surface area contributed by atoms with Crippen LogP contribution in [-0.2, 0) is 4.79 Å². The number of aromatic nitrogens is 1. The number of amidine groups is 1. The van der Waals surface area contributed by atoms with Crippen LogP contribution in [0.5, 0.6) is 0 Å². The topological polar surface area (TPSA) is 45.6 Å². The lowest BCUT2D eigenvalue weighted by molar-refractivity contribution is -0.113. The number of nitrogens with zero attached hydrogens (tertiary/aromatic N) is 3. The first kappa shape index (κ1) is 16.8. The van der Waals surface area contributed by atoms with Crippen molar-refractivity contribution in [3.63, 3.8) is 0 Å². The summed E-state index contributed by atoms with van der Waals surface area (Å²) < 4.78 is 0. The highest BCUT2D eigenvalue weighted by molar-refractivity contribution is 7.98. The van der Waals surface area contributed by atoms with Gasteiger partial charge in [-0.1, -0.05) is 42.5 Å². The predicted octanol–water partition coefficient (Wildman–Crippen LogP) is 4.70. The summed E-state index contributed by atoms with van der Waals surface area (Å²) in [6.45, 7) is 0. The summed E-state index contributed by atoms with van der Waals surface area (Å²) in [7, 11) is 0. The van der Waals surface area contributed by atoms with E-state index in [-0.39, 0.29) is 5.91 Å². The molecule has 6 heteroatoms. The number of thioether (sulfide) groups is 1. The lowest BCUT2D eigenvalue weighted by Crippen LogP contribution is -2.32. The van der Waals surface area contributed by atoms with Gasteiger partial charge in [0, 0.05) is 22.0 Å². The molecule has 0 radical (unpaired) electrons. The minimum atomic E-state index is -0.159. The number of amides is 1. The third-order valence-corrected chi connectivity index (χ3v) is 5.42. The van der Waals surface area contributed by atoms with Gasteiger partial charge in [0.1, 0.15) is 11.5 Å². The summed E-state index contributed by atoms with van der Waals surface area (Å²) in [6.07, 6.45) is 5.55. The van der Waals surface area contributed by atoms with Crippen molar-refractivity contribution in [2.24, 2.45) is 4.99 Å². The molecular weight excluding hydrogens is 362 g/mol. The lowest BCUT2D eigenvalue weighted by atomic mass is 10.2. The Morgan fingerprint density at radius 2 is 1.85 bits per heavy atom. The second-order valence-corrected chi connectivity index (χ2v) is 7.31. The first-order valence-corrected chi connectivity index (χ1v) is 10.1. The first-order chi connectivity index (χ1) is 12.8. The molecule has 1 aliphatic rings. The Bertz CT molecular complexity index is 978. The molecule has 4 nitrogen and oxygen atoms in total. The second-order valence-electron chi connectivity index (χ2n) is 5.56. The van der Waals surface area contributed by atoms with Gasteiger partial charge in [0.25, 0.3) is 5.91 Å². The lowest BCUT2D eigenvalue weighted by Gasteiger charge is -2.14. The molecule has 1 amide bonds. The molecule has 1 aromatic heterocycles. The van der Waals surface area contributed by atoms with E-state index < -0.39 is 0 Å². The van der Waals surface area contributed by atoms with Crippen LogP contribution in [0.25, 0.3) is 6.08 Å². The van der Waals surface area contributed by atoms with Crippen molar-refractivity contribution in [1.29, 1.82) is 0 Å². The number of carbonyl (C=O) groups excluding carboxylic acids is 1. The summed E-state index contributed by atoms with van der Waals surface area (Å²) in [5.74, 6) is 0.449. The number of hydrogen-bond donors (Lipinski definition) is 0. The van der Waals surface area contributed by atoms with E-state index in [2.05, 4.69) is 9.98 Å². The zero-order chi connectivity index (χ0) is 17.9. The summed E-state index contributed by atoms with van der Waals surface area (Å²) in [5.41, 5.74) is 2.25. The zero-order valence-corrected chi connectivity index (χ0v) is 15.6. The van der Waals surface area contributed by atoms with Gasteiger partial charge in [0.05, 0.1) is 0 Å². The molecule has 0 atom stereocenters. The molecule has 0 spiro atoms. The van der Waals surface area contributed by atoms with Crippen molar-refractivity contribution in [3.8, 4) is 0 Å². The Kier molecular flexibility index (Phi) is 4.69. The van der Waals surface area contributed by atoms with Crippen molar-refractivity contribution in [2.75, 3.05) is 11.2 Å². The van der Waals surface area contributed by atoms with Crippen molar-refractivity contribution >= 4 is 46.0 Å².